The van der Waals surface area contributed by atoms with Crippen LogP contribution in [0.25, 0.3) is 0 Å². The number of hydrogen-bond donors (Lipinski definition) is 1. The average Bonchev–Trinajstić information content (AvgIpc) is 3.21. The first kappa shape index (κ1) is 13.4. The number of carbonyl (C=O) groups is 1. The smallest absolute Gasteiger partial charge is 0.327 e. The summed E-state index contributed by atoms with van der Waals surface area (Å²) in [6.07, 6.45) is 3.41. The van der Waals surface area contributed by atoms with Crippen LogP contribution in [0.5, 0.6) is 5.75 Å². The molecule has 0 radical (unpaired) electrons. The summed E-state index contributed by atoms with van der Waals surface area (Å²) >= 11 is 0. The molecular formula is C16H21NO3. The molecule has 4 heteroatoms. The Bertz CT molecular complexity index is 510. The minimum absolute atomic E-state index is 0.226. The van der Waals surface area contributed by atoms with Crippen molar-refractivity contribution in [3.05, 3.63) is 29.3 Å². The Labute approximate surface area is 119 Å². The van der Waals surface area contributed by atoms with E-state index in [1.165, 1.54) is 25.5 Å². The van der Waals surface area contributed by atoms with E-state index >= 15 is 0 Å². The van der Waals surface area contributed by atoms with Crippen LogP contribution in [0.4, 0.5) is 0 Å². The number of ether oxygens (including phenoxy) is 2. The molecule has 0 amide bonds. The molecule has 1 aromatic rings. The van der Waals surface area contributed by atoms with E-state index in [1.54, 1.807) is 0 Å². The molecule has 1 N–H and O–H groups in total. The van der Waals surface area contributed by atoms with Crippen LogP contribution in [0, 0.1) is 5.92 Å². The highest BCUT2D eigenvalue weighted by atomic mass is 16.5. The average molecular weight is 275 g/mol. The third kappa shape index (κ3) is 2.66. The van der Waals surface area contributed by atoms with Crippen molar-refractivity contribution in [1.82, 2.24) is 5.32 Å². The zero-order valence-electron chi connectivity index (χ0n) is 12.0. The van der Waals surface area contributed by atoms with Crippen molar-refractivity contribution in [3.63, 3.8) is 0 Å². The van der Waals surface area contributed by atoms with Crippen LogP contribution >= 0.6 is 0 Å². The largest absolute Gasteiger partial charge is 0.493 e. The summed E-state index contributed by atoms with van der Waals surface area (Å²) in [4.78, 5) is 12.1. The van der Waals surface area contributed by atoms with Gasteiger partial charge in [-0.05, 0) is 48.9 Å². The quantitative estimate of drug-likeness (QED) is 0.837. The Morgan fingerprint density at radius 2 is 2.25 bits per heavy atom. The lowest BCUT2D eigenvalue weighted by atomic mass is 10.0. The predicted octanol–water partition coefficient (Wildman–Crippen LogP) is 2.22. The first-order valence-electron chi connectivity index (χ1n) is 7.28. The van der Waals surface area contributed by atoms with Gasteiger partial charge >= 0.3 is 5.97 Å². The van der Waals surface area contributed by atoms with E-state index < -0.39 is 0 Å². The second-order valence-electron chi connectivity index (χ2n) is 5.71. The number of fused-ring (bicyclic) bond motifs is 1. The highest BCUT2D eigenvalue weighted by molar-refractivity contribution is 5.77. The Balaban J connectivity index is 1.82. The summed E-state index contributed by atoms with van der Waals surface area (Å²) in [5, 5.41) is 3.42. The Morgan fingerprint density at radius 1 is 1.45 bits per heavy atom. The van der Waals surface area contributed by atoms with Gasteiger partial charge in [-0.15, -0.1) is 0 Å². The Morgan fingerprint density at radius 3 is 2.95 bits per heavy atom. The lowest BCUT2D eigenvalue weighted by Crippen LogP contribution is -2.37. The van der Waals surface area contributed by atoms with Crippen molar-refractivity contribution in [3.8, 4) is 5.75 Å². The Kier molecular flexibility index (Phi) is 3.66. The van der Waals surface area contributed by atoms with Gasteiger partial charge in [0.15, 0.2) is 0 Å². The van der Waals surface area contributed by atoms with E-state index in [-0.39, 0.29) is 12.0 Å². The third-order valence-electron chi connectivity index (χ3n) is 4.24. The van der Waals surface area contributed by atoms with Crippen LogP contribution in [0.1, 0.15) is 36.9 Å². The van der Waals surface area contributed by atoms with E-state index in [2.05, 4.69) is 18.3 Å². The summed E-state index contributed by atoms with van der Waals surface area (Å²) in [6.45, 7) is 2.87. The molecule has 0 saturated heterocycles. The summed E-state index contributed by atoms with van der Waals surface area (Å²) in [5.74, 6) is 1.41. The number of hydrogen-bond acceptors (Lipinski definition) is 4. The van der Waals surface area contributed by atoms with E-state index in [1.807, 2.05) is 12.1 Å². The van der Waals surface area contributed by atoms with Gasteiger partial charge in [0.25, 0.3) is 0 Å². The van der Waals surface area contributed by atoms with Crippen LogP contribution in [0.2, 0.25) is 0 Å². The van der Waals surface area contributed by atoms with Crippen LogP contribution in [0.3, 0.4) is 0 Å². The van der Waals surface area contributed by atoms with Gasteiger partial charge in [-0.2, -0.15) is 0 Å². The second kappa shape index (κ2) is 5.44. The van der Waals surface area contributed by atoms with Crippen LogP contribution < -0.4 is 10.1 Å². The predicted molar refractivity (Wildman–Crippen MR) is 75.7 cm³/mol. The molecule has 0 aromatic heterocycles. The van der Waals surface area contributed by atoms with Gasteiger partial charge in [0, 0.05) is 12.5 Å². The van der Waals surface area contributed by atoms with Gasteiger partial charge < -0.3 is 9.47 Å². The lowest BCUT2D eigenvalue weighted by Gasteiger charge is -2.22. The molecule has 1 aromatic carbocycles. The summed E-state index contributed by atoms with van der Waals surface area (Å²) in [5.41, 5.74) is 2.14. The molecule has 3 rings (SSSR count). The zero-order chi connectivity index (χ0) is 14.1. The molecule has 2 aliphatic rings. The van der Waals surface area contributed by atoms with Crippen LogP contribution in [0.15, 0.2) is 18.2 Å². The minimum Gasteiger partial charge on any atom is -0.493 e. The topological polar surface area (TPSA) is 47.6 Å². The standard InChI is InChI=1S/C16H21NO3/c1-10(11-3-4-11)17-15(16(18)19-2)13-5-6-14-12(9-13)7-8-20-14/h5-6,9-11,15,17H,3-4,7-8H2,1-2H3/t10-,15+/m1/s1. The van der Waals surface area contributed by atoms with Gasteiger partial charge in [0.1, 0.15) is 11.8 Å². The van der Waals surface area contributed by atoms with Gasteiger partial charge in [-0.1, -0.05) is 6.07 Å². The maximum atomic E-state index is 12.1. The molecule has 0 bridgehead atoms. The number of nitrogens with one attached hydrogen (secondary N) is 1. The molecule has 2 atom stereocenters. The fourth-order valence-corrected chi connectivity index (χ4v) is 2.80. The maximum Gasteiger partial charge on any atom is 0.327 e. The van der Waals surface area contributed by atoms with Gasteiger partial charge in [0.05, 0.1) is 13.7 Å². The summed E-state index contributed by atoms with van der Waals surface area (Å²) in [6, 6.07) is 5.93. The van der Waals surface area contributed by atoms with Crippen molar-refractivity contribution in [2.75, 3.05) is 13.7 Å². The number of benzene rings is 1. The van der Waals surface area contributed by atoms with Gasteiger partial charge in [-0.3, -0.25) is 5.32 Å². The molecule has 1 heterocycles. The maximum absolute atomic E-state index is 12.1. The number of carbonyl (C=O) groups excluding carboxylic acids is 1. The SMILES string of the molecule is COC(=O)[C@@H](N[C@H](C)C1CC1)c1ccc2c(c1)CCO2. The second-order valence-corrected chi connectivity index (χ2v) is 5.71. The van der Waals surface area contributed by atoms with Gasteiger partial charge in [0.2, 0.25) is 0 Å². The fraction of sp³-hybridized carbons (Fsp3) is 0.562. The first-order valence-corrected chi connectivity index (χ1v) is 7.28. The van der Waals surface area contributed by atoms with Crippen LogP contribution in [-0.4, -0.2) is 25.7 Å². The Hall–Kier alpha value is -1.55. The molecule has 20 heavy (non-hydrogen) atoms. The molecule has 0 spiro atoms. The molecule has 4 nitrogen and oxygen atoms in total. The number of rotatable bonds is 5. The summed E-state index contributed by atoms with van der Waals surface area (Å²) in [7, 11) is 1.44. The highest BCUT2D eigenvalue weighted by Gasteiger charge is 2.32. The molecule has 0 unspecified atom stereocenters. The fourth-order valence-electron chi connectivity index (χ4n) is 2.80. The molecule has 1 saturated carbocycles. The normalized spacial score (nSPS) is 19.9. The van der Waals surface area contributed by atoms with Crippen molar-refractivity contribution >= 4 is 5.97 Å². The molecule has 1 aliphatic heterocycles. The molecule has 108 valence electrons. The van der Waals surface area contributed by atoms with E-state index in [4.69, 9.17) is 9.47 Å². The molecule has 1 aliphatic carbocycles. The van der Waals surface area contributed by atoms with Crippen LogP contribution in [-0.2, 0) is 16.0 Å². The summed E-state index contributed by atoms with van der Waals surface area (Å²) < 4.78 is 10.5. The lowest BCUT2D eigenvalue weighted by molar-refractivity contribution is -0.143. The number of esters is 1. The van der Waals surface area contributed by atoms with Crippen molar-refractivity contribution in [1.29, 1.82) is 0 Å². The monoisotopic (exact) mass is 275 g/mol. The van der Waals surface area contributed by atoms with E-state index in [0.717, 1.165) is 24.3 Å². The third-order valence-corrected chi connectivity index (χ3v) is 4.24. The highest BCUT2D eigenvalue weighted by Crippen LogP contribution is 2.34. The van der Waals surface area contributed by atoms with Crippen molar-refractivity contribution in [2.45, 2.75) is 38.3 Å². The van der Waals surface area contributed by atoms with Gasteiger partial charge in [-0.25, -0.2) is 4.79 Å². The van der Waals surface area contributed by atoms with E-state index in [9.17, 15) is 4.79 Å². The van der Waals surface area contributed by atoms with Crippen molar-refractivity contribution in [2.24, 2.45) is 5.92 Å². The molecular weight excluding hydrogens is 254 g/mol. The number of methoxy groups -OCH3 is 1. The van der Waals surface area contributed by atoms with Crippen molar-refractivity contribution < 1.29 is 14.3 Å². The minimum atomic E-state index is -0.388. The zero-order valence-corrected chi connectivity index (χ0v) is 12.0. The first-order chi connectivity index (χ1) is 9.69. The van der Waals surface area contributed by atoms with E-state index in [0.29, 0.717) is 12.0 Å². The molecule has 1 fully saturated rings.